The van der Waals surface area contributed by atoms with Gasteiger partial charge in [-0.3, -0.25) is 9.79 Å². The van der Waals surface area contributed by atoms with Crippen LogP contribution in [0.4, 0.5) is 11.5 Å². The van der Waals surface area contributed by atoms with Crippen LogP contribution in [-0.4, -0.2) is 74.2 Å². The van der Waals surface area contributed by atoms with E-state index in [0.29, 0.717) is 13.1 Å². The van der Waals surface area contributed by atoms with Gasteiger partial charge in [0.25, 0.3) is 5.91 Å². The molecule has 0 unspecified atom stereocenters. The summed E-state index contributed by atoms with van der Waals surface area (Å²) < 4.78 is 5.52. The fourth-order valence-electron chi connectivity index (χ4n) is 3.93. The normalized spacial score (nSPS) is 16.2. The maximum Gasteiger partial charge on any atom is 0.265 e. The van der Waals surface area contributed by atoms with Crippen molar-refractivity contribution >= 4 is 47.3 Å². The van der Waals surface area contributed by atoms with E-state index in [1.165, 1.54) is 0 Å². The molecule has 0 saturated carbocycles. The first-order valence-electron chi connectivity index (χ1n) is 11.0. The van der Waals surface area contributed by atoms with Gasteiger partial charge in [-0.25, -0.2) is 4.98 Å². The number of fused-ring (bicyclic) bond motifs is 1. The summed E-state index contributed by atoms with van der Waals surface area (Å²) >= 11 is 0. The lowest BCUT2D eigenvalue weighted by atomic mass is 10.2. The summed E-state index contributed by atoms with van der Waals surface area (Å²) in [6, 6.07) is 13.7. The average Bonchev–Trinajstić information content (AvgIpc) is 2.83. The first kappa shape index (κ1) is 24.1. The van der Waals surface area contributed by atoms with E-state index in [-0.39, 0.29) is 36.5 Å². The van der Waals surface area contributed by atoms with Crippen LogP contribution in [0.25, 0.3) is 0 Å². The second-order valence-corrected chi connectivity index (χ2v) is 7.55. The van der Waals surface area contributed by atoms with Crippen LogP contribution in [0.5, 0.6) is 5.75 Å². The molecule has 1 saturated heterocycles. The van der Waals surface area contributed by atoms with Crippen molar-refractivity contribution in [2.45, 2.75) is 13.3 Å². The van der Waals surface area contributed by atoms with Crippen LogP contribution in [-0.2, 0) is 4.79 Å². The number of para-hydroxylation sites is 2. The highest BCUT2D eigenvalue weighted by Crippen LogP contribution is 2.31. The molecule has 1 aromatic heterocycles. The lowest BCUT2D eigenvalue weighted by Crippen LogP contribution is -2.52. The number of piperazine rings is 1. The van der Waals surface area contributed by atoms with Crippen molar-refractivity contribution in [3.63, 3.8) is 0 Å². The zero-order valence-corrected chi connectivity index (χ0v) is 20.8. The van der Waals surface area contributed by atoms with E-state index in [9.17, 15) is 4.79 Å². The highest BCUT2D eigenvalue weighted by molar-refractivity contribution is 14.0. The Kier molecular flexibility index (Phi) is 8.95. The first-order chi connectivity index (χ1) is 15.3. The number of rotatable bonds is 6. The van der Waals surface area contributed by atoms with Crippen LogP contribution >= 0.6 is 24.0 Å². The van der Waals surface area contributed by atoms with Gasteiger partial charge in [-0.1, -0.05) is 18.2 Å². The van der Waals surface area contributed by atoms with E-state index in [0.717, 1.165) is 62.4 Å². The van der Waals surface area contributed by atoms with Crippen LogP contribution in [0, 0.1) is 0 Å². The molecule has 2 aliphatic rings. The molecule has 9 heteroatoms. The molecular weight excluding hydrogens is 519 g/mol. The molecule has 1 N–H and O–H groups in total. The minimum Gasteiger partial charge on any atom is -0.482 e. The number of nitrogens with zero attached hydrogens (tertiary/aromatic N) is 5. The van der Waals surface area contributed by atoms with Crippen LogP contribution in [0.1, 0.15) is 13.3 Å². The quantitative estimate of drug-likeness (QED) is 0.258. The number of guanidine groups is 1. The van der Waals surface area contributed by atoms with Crippen molar-refractivity contribution < 1.29 is 9.53 Å². The number of hydrogen-bond donors (Lipinski definition) is 1. The Morgan fingerprint density at radius 2 is 1.91 bits per heavy atom. The van der Waals surface area contributed by atoms with Gasteiger partial charge in [-0.05, 0) is 37.6 Å². The third-order valence-electron chi connectivity index (χ3n) is 5.50. The standard InChI is InChI=1S/C23H30N6O2.HI/c1-2-24-23(28-16-14-27(15-17-28)21-10-5-6-11-25-21)26-12-7-13-29-19-8-3-4-9-20(19)31-18-22(29)30;/h3-6,8-11H,2,7,12-18H2,1H3,(H,24,26);1H. The summed E-state index contributed by atoms with van der Waals surface area (Å²) in [6.07, 6.45) is 2.63. The lowest BCUT2D eigenvalue weighted by molar-refractivity contribution is -0.121. The van der Waals surface area contributed by atoms with E-state index in [4.69, 9.17) is 9.73 Å². The minimum atomic E-state index is 0. The second-order valence-electron chi connectivity index (χ2n) is 7.55. The van der Waals surface area contributed by atoms with Crippen molar-refractivity contribution in [2.24, 2.45) is 4.99 Å². The Balaban J connectivity index is 0.00000289. The Labute approximate surface area is 206 Å². The third-order valence-corrected chi connectivity index (χ3v) is 5.50. The SMILES string of the molecule is CCNC(=NCCCN1C(=O)COc2ccccc21)N1CCN(c2ccccn2)CC1.I. The number of aliphatic imine (C=N–C) groups is 1. The summed E-state index contributed by atoms with van der Waals surface area (Å²) in [5.41, 5.74) is 0.847. The molecular formula is C23H31IN6O2. The number of hydrogen-bond acceptors (Lipinski definition) is 5. The summed E-state index contributed by atoms with van der Waals surface area (Å²) in [5.74, 6) is 2.74. The highest BCUT2D eigenvalue weighted by Gasteiger charge is 2.24. The Bertz CT molecular complexity index is 902. The van der Waals surface area contributed by atoms with Gasteiger partial charge in [0.05, 0.1) is 5.69 Å². The summed E-state index contributed by atoms with van der Waals surface area (Å²) in [4.78, 5) is 28.0. The molecule has 1 aromatic carbocycles. The Morgan fingerprint density at radius 1 is 1.12 bits per heavy atom. The van der Waals surface area contributed by atoms with E-state index in [2.05, 4.69) is 33.1 Å². The molecule has 3 heterocycles. The third kappa shape index (κ3) is 5.81. The van der Waals surface area contributed by atoms with Gasteiger partial charge in [-0.15, -0.1) is 24.0 Å². The van der Waals surface area contributed by atoms with Crippen LogP contribution in [0.3, 0.4) is 0 Å². The minimum absolute atomic E-state index is 0. The van der Waals surface area contributed by atoms with Crippen LogP contribution in [0.2, 0.25) is 0 Å². The Morgan fingerprint density at radius 3 is 2.66 bits per heavy atom. The molecule has 1 fully saturated rings. The molecule has 0 atom stereocenters. The van der Waals surface area contributed by atoms with E-state index in [1.807, 2.05) is 47.5 Å². The number of anilines is 2. The number of halogens is 1. The topological polar surface area (TPSA) is 73.3 Å². The van der Waals surface area contributed by atoms with E-state index >= 15 is 0 Å². The van der Waals surface area contributed by atoms with Crippen molar-refractivity contribution in [3.8, 4) is 5.75 Å². The van der Waals surface area contributed by atoms with Gasteiger partial charge in [0.1, 0.15) is 11.6 Å². The molecule has 2 aromatic rings. The van der Waals surface area contributed by atoms with Crippen molar-refractivity contribution in [2.75, 3.05) is 62.2 Å². The fraction of sp³-hybridized carbons (Fsp3) is 0.435. The van der Waals surface area contributed by atoms with Gasteiger partial charge < -0.3 is 24.8 Å². The predicted octanol–water partition coefficient (Wildman–Crippen LogP) is 2.60. The number of amides is 1. The molecule has 0 aliphatic carbocycles. The largest absolute Gasteiger partial charge is 0.482 e. The van der Waals surface area contributed by atoms with E-state index < -0.39 is 0 Å². The molecule has 32 heavy (non-hydrogen) atoms. The number of benzene rings is 1. The summed E-state index contributed by atoms with van der Waals surface area (Å²) in [6.45, 7) is 7.95. The van der Waals surface area contributed by atoms with Gasteiger partial charge in [0.15, 0.2) is 12.6 Å². The molecule has 2 aliphatic heterocycles. The maximum absolute atomic E-state index is 12.3. The lowest BCUT2D eigenvalue weighted by Gasteiger charge is -2.37. The maximum atomic E-state index is 12.3. The fourth-order valence-corrected chi connectivity index (χ4v) is 3.93. The van der Waals surface area contributed by atoms with Gasteiger partial charge >= 0.3 is 0 Å². The van der Waals surface area contributed by atoms with Gasteiger partial charge in [-0.2, -0.15) is 0 Å². The zero-order valence-electron chi connectivity index (χ0n) is 18.4. The molecule has 0 spiro atoms. The molecule has 1 amide bonds. The molecule has 8 nitrogen and oxygen atoms in total. The molecule has 0 radical (unpaired) electrons. The zero-order chi connectivity index (χ0) is 21.5. The second kappa shape index (κ2) is 11.9. The summed E-state index contributed by atoms with van der Waals surface area (Å²) in [5, 5.41) is 3.41. The van der Waals surface area contributed by atoms with Crippen molar-refractivity contribution in [1.82, 2.24) is 15.2 Å². The smallest absolute Gasteiger partial charge is 0.265 e. The van der Waals surface area contributed by atoms with Crippen LogP contribution in [0.15, 0.2) is 53.7 Å². The number of carbonyl (C=O) groups is 1. The molecule has 172 valence electrons. The number of ether oxygens (including phenoxy) is 1. The van der Waals surface area contributed by atoms with Gasteiger partial charge in [0, 0.05) is 52.0 Å². The summed E-state index contributed by atoms with van der Waals surface area (Å²) in [7, 11) is 0. The average molecular weight is 550 g/mol. The highest BCUT2D eigenvalue weighted by atomic mass is 127. The number of pyridine rings is 1. The molecule has 0 bridgehead atoms. The van der Waals surface area contributed by atoms with E-state index in [1.54, 1.807) is 0 Å². The van der Waals surface area contributed by atoms with Crippen molar-refractivity contribution in [1.29, 1.82) is 0 Å². The van der Waals surface area contributed by atoms with Crippen LogP contribution < -0.4 is 19.9 Å². The van der Waals surface area contributed by atoms with Gasteiger partial charge in [0.2, 0.25) is 0 Å². The number of carbonyl (C=O) groups excluding carboxylic acids is 1. The first-order valence-corrected chi connectivity index (χ1v) is 11.0. The number of aromatic nitrogens is 1. The monoisotopic (exact) mass is 550 g/mol. The Hall–Kier alpha value is -2.56. The predicted molar refractivity (Wildman–Crippen MR) is 138 cm³/mol. The molecule has 4 rings (SSSR count). The van der Waals surface area contributed by atoms with Crippen molar-refractivity contribution in [3.05, 3.63) is 48.7 Å². The number of nitrogens with one attached hydrogen (secondary N) is 1.